The number of hydrogen-bond acceptors (Lipinski definition) is 4. The fraction of sp³-hybridized carbons (Fsp3) is 0.400. The zero-order valence-corrected chi connectivity index (χ0v) is 8.97. The molecule has 0 unspecified atom stereocenters. The van der Waals surface area contributed by atoms with E-state index in [-0.39, 0.29) is 21.1 Å². The predicted molar refractivity (Wildman–Crippen MR) is 49.9 cm³/mol. The molecule has 1 aromatic rings. The maximum atomic E-state index is 11.3. The minimum atomic E-state index is -3.30. The van der Waals surface area contributed by atoms with Crippen molar-refractivity contribution in [1.82, 2.24) is 4.98 Å². The van der Waals surface area contributed by atoms with E-state index in [0.29, 0.717) is 0 Å². The molecule has 12 heavy (non-hydrogen) atoms. The van der Waals surface area contributed by atoms with Crippen molar-refractivity contribution in [1.29, 1.82) is 0 Å². The van der Waals surface area contributed by atoms with E-state index in [0.717, 1.165) is 11.3 Å². The van der Waals surface area contributed by atoms with E-state index in [1.165, 1.54) is 5.38 Å². The fourth-order valence-corrected chi connectivity index (χ4v) is 3.50. The second-order valence-electron chi connectivity index (χ2n) is 1.94. The molecule has 0 radical (unpaired) electrons. The highest BCUT2D eigenvalue weighted by molar-refractivity contribution is 7.93. The first kappa shape index (κ1) is 10.2. The van der Waals surface area contributed by atoms with E-state index in [2.05, 4.69) is 4.98 Å². The number of thiazole rings is 1. The van der Waals surface area contributed by atoms with Gasteiger partial charge in [-0.05, 0) is 0 Å². The first-order valence-corrected chi connectivity index (χ1v) is 6.40. The van der Waals surface area contributed by atoms with Crippen LogP contribution < -0.4 is 0 Å². The molecule has 3 nitrogen and oxygen atoms in total. The van der Waals surface area contributed by atoms with Gasteiger partial charge in [0.1, 0.15) is 5.15 Å². The van der Waals surface area contributed by atoms with E-state index in [1.54, 1.807) is 0 Å². The summed E-state index contributed by atoms with van der Waals surface area (Å²) in [4.78, 5) is 3.64. The Kier molecular flexibility index (Phi) is 3.34. The number of sulfone groups is 1. The molecule has 0 saturated carbocycles. The van der Waals surface area contributed by atoms with Crippen LogP contribution in [0.25, 0.3) is 0 Å². The maximum absolute atomic E-state index is 11.3. The summed E-state index contributed by atoms with van der Waals surface area (Å²) < 4.78 is 22.5. The lowest BCUT2D eigenvalue weighted by Crippen LogP contribution is -2.07. The Bertz CT molecular complexity index is 359. The van der Waals surface area contributed by atoms with Gasteiger partial charge in [-0.25, -0.2) is 13.4 Å². The van der Waals surface area contributed by atoms with Gasteiger partial charge in [0.15, 0.2) is 0 Å². The molecule has 0 aliphatic rings. The van der Waals surface area contributed by atoms with Crippen molar-refractivity contribution < 1.29 is 8.42 Å². The number of hydrogen-bond donors (Lipinski definition) is 0. The molecule has 0 aromatic carbocycles. The molecule has 0 spiro atoms. The summed E-state index contributed by atoms with van der Waals surface area (Å²) in [6.45, 7) is 0. The standard InChI is InChI=1S/C5H5Cl2NO2S2/c6-1-2-12(9,10)5-8-4(7)3-11-5/h3H,1-2H2. The third kappa shape index (κ3) is 2.32. The molecule has 1 aromatic heterocycles. The SMILES string of the molecule is O=S(=O)(CCCl)c1nc(Cl)cs1. The fourth-order valence-electron chi connectivity index (χ4n) is 0.571. The van der Waals surface area contributed by atoms with Crippen molar-refractivity contribution in [2.24, 2.45) is 0 Å². The molecule has 0 atom stereocenters. The third-order valence-corrected chi connectivity index (χ3v) is 4.85. The number of rotatable bonds is 3. The van der Waals surface area contributed by atoms with Crippen LogP contribution in [0.4, 0.5) is 0 Å². The van der Waals surface area contributed by atoms with Crippen molar-refractivity contribution in [3.05, 3.63) is 10.5 Å². The Morgan fingerprint density at radius 2 is 2.25 bits per heavy atom. The van der Waals surface area contributed by atoms with Gasteiger partial charge in [-0.1, -0.05) is 11.6 Å². The van der Waals surface area contributed by atoms with Crippen LogP contribution in [0.1, 0.15) is 0 Å². The average molecular weight is 246 g/mol. The summed E-state index contributed by atoms with van der Waals surface area (Å²) in [7, 11) is -3.30. The Morgan fingerprint density at radius 3 is 2.67 bits per heavy atom. The number of alkyl halides is 1. The highest BCUT2D eigenvalue weighted by Crippen LogP contribution is 2.19. The average Bonchev–Trinajstić information content (AvgIpc) is 2.36. The molecule has 0 N–H and O–H groups in total. The van der Waals surface area contributed by atoms with Crippen molar-refractivity contribution in [3.8, 4) is 0 Å². The zero-order valence-electron chi connectivity index (χ0n) is 5.83. The molecule has 1 heterocycles. The quantitative estimate of drug-likeness (QED) is 0.764. The van der Waals surface area contributed by atoms with Gasteiger partial charge in [-0.2, -0.15) is 0 Å². The monoisotopic (exact) mass is 245 g/mol. The van der Waals surface area contributed by atoms with Gasteiger partial charge < -0.3 is 0 Å². The minimum absolute atomic E-state index is 0.0353. The van der Waals surface area contributed by atoms with Crippen LogP contribution in [0.3, 0.4) is 0 Å². The Labute approximate surface area is 84.3 Å². The van der Waals surface area contributed by atoms with E-state index >= 15 is 0 Å². The summed E-state index contributed by atoms with van der Waals surface area (Å²) in [6, 6.07) is 0. The molecule has 0 bridgehead atoms. The molecule has 68 valence electrons. The summed E-state index contributed by atoms with van der Waals surface area (Å²) in [5.41, 5.74) is 0. The lowest BCUT2D eigenvalue weighted by atomic mass is 11.0. The van der Waals surface area contributed by atoms with Gasteiger partial charge in [0.2, 0.25) is 14.2 Å². The van der Waals surface area contributed by atoms with Crippen molar-refractivity contribution in [3.63, 3.8) is 0 Å². The van der Waals surface area contributed by atoms with Crippen LogP contribution in [-0.4, -0.2) is 25.0 Å². The van der Waals surface area contributed by atoms with Gasteiger partial charge in [0, 0.05) is 11.3 Å². The molecule has 0 aliphatic heterocycles. The lowest BCUT2D eigenvalue weighted by Gasteiger charge is -1.94. The van der Waals surface area contributed by atoms with Crippen LogP contribution in [0, 0.1) is 0 Å². The predicted octanol–water partition coefficient (Wildman–Crippen LogP) is 1.81. The molecule has 7 heteroatoms. The minimum Gasteiger partial charge on any atom is -0.221 e. The van der Waals surface area contributed by atoms with E-state index in [4.69, 9.17) is 23.2 Å². The highest BCUT2D eigenvalue weighted by atomic mass is 35.5. The third-order valence-electron chi connectivity index (χ3n) is 1.07. The van der Waals surface area contributed by atoms with Gasteiger partial charge in [0.25, 0.3) is 0 Å². The summed E-state index contributed by atoms with van der Waals surface area (Å²) in [6.07, 6.45) is 0. The second-order valence-corrected chi connectivity index (χ2v) is 5.85. The lowest BCUT2D eigenvalue weighted by molar-refractivity contribution is 0.596. The first-order valence-electron chi connectivity index (χ1n) is 2.96. The van der Waals surface area contributed by atoms with Crippen LogP contribution in [0.15, 0.2) is 9.72 Å². The summed E-state index contributed by atoms with van der Waals surface area (Å²) in [5, 5.41) is 1.68. The number of halogens is 2. The molecule has 0 fully saturated rings. The Balaban J connectivity index is 2.98. The van der Waals surface area contributed by atoms with E-state index in [9.17, 15) is 8.42 Å². The zero-order chi connectivity index (χ0) is 9.19. The van der Waals surface area contributed by atoms with Gasteiger partial charge in [-0.3, -0.25) is 0 Å². The second kappa shape index (κ2) is 3.91. The van der Waals surface area contributed by atoms with Gasteiger partial charge in [0.05, 0.1) is 5.75 Å². The smallest absolute Gasteiger partial charge is 0.210 e. The van der Waals surface area contributed by atoms with Crippen LogP contribution in [0.5, 0.6) is 0 Å². The van der Waals surface area contributed by atoms with Gasteiger partial charge in [-0.15, -0.1) is 22.9 Å². The van der Waals surface area contributed by atoms with Crippen LogP contribution in [0.2, 0.25) is 5.15 Å². The molecular weight excluding hydrogens is 241 g/mol. The van der Waals surface area contributed by atoms with E-state index < -0.39 is 9.84 Å². The molecule has 0 amide bonds. The number of nitrogens with zero attached hydrogens (tertiary/aromatic N) is 1. The highest BCUT2D eigenvalue weighted by Gasteiger charge is 2.17. The summed E-state index contributed by atoms with van der Waals surface area (Å²) >= 11 is 11.8. The summed E-state index contributed by atoms with van der Waals surface area (Å²) in [5.74, 6) is -0.0298. The molecule has 0 saturated heterocycles. The topological polar surface area (TPSA) is 47.0 Å². The molecular formula is C5H5Cl2NO2S2. The van der Waals surface area contributed by atoms with Crippen molar-refractivity contribution in [2.75, 3.05) is 11.6 Å². The van der Waals surface area contributed by atoms with Crippen molar-refractivity contribution >= 4 is 44.4 Å². The Morgan fingerprint density at radius 1 is 1.58 bits per heavy atom. The number of aromatic nitrogens is 1. The van der Waals surface area contributed by atoms with Crippen LogP contribution in [-0.2, 0) is 9.84 Å². The maximum Gasteiger partial charge on any atom is 0.210 e. The first-order chi connectivity index (χ1) is 5.56. The molecule has 0 aliphatic carbocycles. The van der Waals surface area contributed by atoms with E-state index in [1.807, 2.05) is 0 Å². The largest absolute Gasteiger partial charge is 0.221 e. The molecule has 1 rings (SSSR count). The van der Waals surface area contributed by atoms with Crippen LogP contribution >= 0.6 is 34.5 Å². The Hall–Kier alpha value is 0.160. The van der Waals surface area contributed by atoms with Crippen molar-refractivity contribution in [2.45, 2.75) is 4.34 Å². The van der Waals surface area contributed by atoms with Gasteiger partial charge >= 0.3 is 0 Å². The normalized spacial score (nSPS) is 11.8.